The van der Waals surface area contributed by atoms with Crippen LogP contribution in [0.2, 0.25) is 10.0 Å². The van der Waals surface area contributed by atoms with E-state index in [0.29, 0.717) is 32.2 Å². The zero-order chi connectivity index (χ0) is 19.1. The summed E-state index contributed by atoms with van der Waals surface area (Å²) in [5.74, 6) is -1.00. The van der Waals surface area contributed by atoms with Gasteiger partial charge in [-0.05, 0) is 61.4 Å². The summed E-state index contributed by atoms with van der Waals surface area (Å²) < 4.78 is 27.7. The fourth-order valence-corrected chi connectivity index (χ4v) is 4.75. The molecule has 5 nitrogen and oxygen atoms in total. The van der Waals surface area contributed by atoms with E-state index in [1.165, 1.54) is 22.2 Å². The molecule has 136 valence electrons. The van der Waals surface area contributed by atoms with Crippen molar-refractivity contribution in [2.24, 2.45) is 0 Å². The number of hydrogen-bond donors (Lipinski definition) is 1. The number of benzene rings is 2. The van der Waals surface area contributed by atoms with Crippen LogP contribution in [0, 0.1) is 6.92 Å². The summed E-state index contributed by atoms with van der Waals surface area (Å²) in [5, 5.41) is 10.6. The van der Waals surface area contributed by atoms with Gasteiger partial charge >= 0.3 is 5.97 Å². The molecule has 0 atom stereocenters. The number of aliphatic carboxylic acids is 1. The molecule has 0 amide bonds. The smallest absolute Gasteiger partial charge is 0.303 e. The largest absolute Gasteiger partial charge is 0.481 e. The standard InChI is InChI=1S/C18H15Cl2NO4S/c1-11-8-15(4-5-16(11)20)26(24,25)21-14(3-7-18(22)23)10-12-9-13(19)2-6-17(12)21/h2,4-6,8-10H,3,7H2,1H3,(H,22,23). The van der Waals surface area contributed by atoms with Crippen LogP contribution < -0.4 is 0 Å². The number of aryl methyl sites for hydroxylation is 2. The Bertz CT molecular complexity index is 1120. The minimum Gasteiger partial charge on any atom is -0.481 e. The van der Waals surface area contributed by atoms with Gasteiger partial charge in [0.25, 0.3) is 10.0 Å². The number of aromatic nitrogens is 1. The Morgan fingerprint density at radius 2 is 1.85 bits per heavy atom. The lowest BCUT2D eigenvalue weighted by Gasteiger charge is -2.12. The van der Waals surface area contributed by atoms with Crippen LogP contribution in [0.3, 0.4) is 0 Å². The summed E-state index contributed by atoms with van der Waals surface area (Å²) in [6.45, 7) is 1.72. The topological polar surface area (TPSA) is 76.4 Å². The Hall–Kier alpha value is -2.02. The van der Waals surface area contributed by atoms with E-state index in [9.17, 15) is 13.2 Å². The van der Waals surface area contributed by atoms with Crippen LogP contribution in [0.25, 0.3) is 10.9 Å². The summed E-state index contributed by atoms with van der Waals surface area (Å²) in [6, 6.07) is 11.0. The first-order chi connectivity index (χ1) is 12.2. The van der Waals surface area contributed by atoms with Crippen molar-refractivity contribution in [1.82, 2.24) is 3.97 Å². The summed E-state index contributed by atoms with van der Waals surface area (Å²) >= 11 is 12.0. The fourth-order valence-electron chi connectivity index (χ4n) is 2.79. The monoisotopic (exact) mass is 411 g/mol. The molecular formula is C18H15Cl2NO4S. The van der Waals surface area contributed by atoms with E-state index in [2.05, 4.69) is 0 Å². The highest BCUT2D eigenvalue weighted by Crippen LogP contribution is 2.30. The van der Waals surface area contributed by atoms with Crippen LogP contribution >= 0.6 is 23.2 Å². The third-order valence-electron chi connectivity index (χ3n) is 4.05. The van der Waals surface area contributed by atoms with Gasteiger partial charge in [-0.1, -0.05) is 23.2 Å². The van der Waals surface area contributed by atoms with Crippen molar-refractivity contribution < 1.29 is 18.3 Å². The number of fused-ring (bicyclic) bond motifs is 1. The number of carboxylic acids is 1. The SMILES string of the molecule is Cc1cc(S(=O)(=O)n2c(CCC(=O)O)cc3cc(Cl)ccc32)ccc1Cl. The summed E-state index contributed by atoms with van der Waals surface area (Å²) in [4.78, 5) is 11.0. The minimum absolute atomic E-state index is 0.0768. The molecule has 8 heteroatoms. The van der Waals surface area contributed by atoms with Gasteiger partial charge in [0.15, 0.2) is 0 Å². The molecule has 0 saturated heterocycles. The maximum absolute atomic E-state index is 13.3. The van der Waals surface area contributed by atoms with Crippen molar-refractivity contribution in [2.45, 2.75) is 24.7 Å². The highest BCUT2D eigenvalue weighted by atomic mass is 35.5. The van der Waals surface area contributed by atoms with Gasteiger partial charge < -0.3 is 5.11 Å². The van der Waals surface area contributed by atoms with E-state index in [-0.39, 0.29) is 17.7 Å². The Morgan fingerprint density at radius 1 is 1.12 bits per heavy atom. The van der Waals surface area contributed by atoms with Crippen molar-refractivity contribution in [1.29, 1.82) is 0 Å². The molecule has 3 rings (SSSR count). The Morgan fingerprint density at radius 3 is 2.50 bits per heavy atom. The predicted molar refractivity (Wildman–Crippen MR) is 102 cm³/mol. The van der Waals surface area contributed by atoms with E-state index >= 15 is 0 Å². The van der Waals surface area contributed by atoms with E-state index in [0.717, 1.165) is 0 Å². The maximum Gasteiger partial charge on any atom is 0.303 e. The molecule has 0 unspecified atom stereocenters. The second-order valence-corrected chi connectivity index (χ2v) is 8.54. The van der Waals surface area contributed by atoms with E-state index in [1.807, 2.05) is 0 Å². The first-order valence-corrected chi connectivity index (χ1v) is 9.93. The molecule has 0 aliphatic rings. The zero-order valence-corrected chi connectivity index (χ0v) is 16.1. The number of hydrogen-bond acceptors (Lipinski definition) is 3. The second kappa shape index (κ2) is 6.95. The molecule has 1 heterocycles. The van der Waals surface area contributed by atoms with Crippen LogP contribution in [0.5, 0.6) is 0 Å². The average molecular weight is 412 g/mol. The van der Waals surface area contributed by atoms with Crippen molar-refractivity contribution >= 4 is 50.1 Å². The molecule has 0 aliphatic carbocycles. The van der Waals surface area contributed by atoms with Crippen molar-refractivity contribution in [3.05, 3.63) is 63.8 Å². The van der Waals surface area contributed by atoms with Gasteiger partial charge in [-0.3, -0.25) is 4.79 Å². The molecule has 0 aliphatic heterocycles. The summed E-state index contributed by atoms with van der Waals surface area (Å²) in [7, 11) is -3.93. The van der Waals surface area contributed by atoms with Gasteiger partial charge in [-0.2, -0.15) is 0 Å². The molecule has 1 N–H and O–H groups in total. The van der Waals surface area contributed by atoms with E-state index in [1.54, 1.807) is 31.2 Å². The number of halogens is 2. The number of rotatable bonds is 5. The predicted octanol–water partition coefficient (Wildman–Crippen LogP) is 4.51. The van der Waals surface area contributed by atoms with Gasteiger partial charge in [0.05, 0.1) is 16.8 Å². The van der Waals surface area contributed by atoms with Crippen molar-refractivity contribution in [3.63, 3.8) is 0 Å². The quantitative estimate of drug-likeness (QED) is 0.669. The van der Waals surface area contributed by atoms with Crippen LogP contribution in [-0.4, -0.2) is 23.5 Å². The van der Waals surface area contributed by atoms with Crippen molar-refractivity contribution in [2.75, 3.05) is 0 Å². The summed E-state index contributed by atoms with van der Waals surface area (Å²) in [6.07, 6.45) is -0.105. The first-order valence-electron chi connectivity index (χ1n) is 7.73. The van der Waals surface area contributed by atoms with Crippen LogP contribution in [0.1, 0.15) is 17.7 Å². The van der Waals surface area contributed by atoms with Gasteiger partial charge in [0, 0.05) is 21.1 Å². The molecule has 1 aromatic heterocycles. The lowest BCUT2D eigenvalue weighted by molar-refractivity contribution is -0.136. The number of carbonyl (C=O) groups is 1. The average Bonchev–Trinajstić information content (AvgIpc) is 2.93. The highest BCUT2D eigenvalue weighted by molar-refractivity contribution is 7.90. The third-order valence-corrected chi connectivity index (χ3v) is 6.47. The molecule has 26 heavy (non-hydrogen) atoms. The fraction of sp³-hybridized carbons (Fsp3) is 0.167. The molecule has 2 aromatic carbocycles. The molecular weight excluding hydrogens is 397 g/mol. The van der Waals surface area contributed by atoms with Crippen LogP contribution in [0.15, 0.2) is 47.4 Å². The Kier molecular flexibility index (Phi) is 5.01. The van der Waals surface area contributed by atoms with Crippen LogP contribution in [-0.2, 0) is 21.2 Å². The second-order valence-electron chi connectivity index (χ2n) is 5.91. The molecule has 0 bridgehead atoms. The van der Waals surface area contributed by atoms with Crippen molar-refractivity contribution in [3.8, 4) is 0 Å². The Balaban J connectivity index is 2.25. The highest BCUT2D eigenvalue weighted by Gasteiger charge is 2.24. The normalized spacial score (nSPS) is 11.8. The van der Waals surface area contributed by atoms with Gasteiger partial charge in [0.1, 0.15) is 0 Å². The number of carboxylic acid groups (broad SMARTS) is 1. The zero-order valence-electron chi connectivity index (χ0n) is 13.7. The minimum atomic E-state index is -3.93. The molecule has 3 aromatic rings. The van der Waals surface area contributed by atoms with Gasteiger partial charge in [-0.25, -0.2) is 12.4 Å². The Labute approximate surface area is 160 Å². The molecule has 0 fully saturated rings. The van der Waals surface area contributed by atoms with Crippen LogP contribution in [0.4, 0.5) is 0 Å². The maximum atomic E-state index is 13.3. The molecule has 0 radical (unpaired) electrons. The third kappa shape index (κ3) is 3.45. The van der Waals surface area contributed by atoms with E-state index in [4.69, 9.17) is 28.3 Å². The first kappa shape index (κ1) is 18.8. The van der Waals surface area contributed by atoms with E-state index < -0.39 is 16.0 Å². The summed E-state index contributed by atoms with van der Waals surface area (Å²) in [5.41, 5.74) is 1.47. The van der Waals surface area contributed by atoms with Gasteiger partial charge in [-0.15, -0.1) is 0 Å². The van der Waals surface area contributed by atoms with Gasteiger partial charge in [0.2, 0.25) is 0 Å². The molecule has 0 saturated carbocycles. The molecule has 0 spiro atoms. The number of nitrogens with zero attached hydrogens (tertiary/aromatic N) is 1. The lowest BCUT2D eigenvalue weighted by atomic mass is 10.2. The lowest BCUT2D eigenvalue weighted by Crippen LogP contribution is -2.16.